The van der Waals surface area contributed by atoms with Crippen molar-refractivity contribution in [3.8, 4) is 5.75 Å². The molecule has 0 fully saturated rings. The summed E-state index contributed by atoms with van der Waals surface area (Å²) in [7, 11) is 1.52. The van der Waals surface area contributed by atoms with Gasteiger partial charge in [-0.1, -0.05) is 25.2 Å². The molecule has 0 unspecified atom stereocenters. The minimum Gasteiger partial charge on any atom is -0.452 e. The van der Waals surface area contributed by atoms with Gasteiger partial charge in [-0.25, -0.2) is 0 Å². The molecule has 0 aliphatic carbocycles. The second-order valence-electron chi connectivity index (χ2n) is 4.70. The third-order valence-corrected chi connectivity index (χ3v) is 2.98. The van der Waals surface area contributed by atoms with Crippen molar-refractivity contribution >= 4 is 11.5 Å². The van der Waals surface area contributed by atoms with Crippen LogP contribution in [0.3, 0.4) is 0 Å². The quantitative estimate of drug-likeness (QED) is 0.484. The lowest BCUT2D eigenvalue weighted by Crippen LogP contribution is -1.99. The smallest absolute Gasteiger partial charge is 0.232 e. The molecule has 0 saturated heterocycles. The topological polar surface area (TPSA) is 82.6 Å². The minimum atomic E-state index is -0.114. The highest BCUT2D eigenvalue weighted by Crippen LogP contribution is 2.33. The van der Waals surface area contributed by atoms with Crippen LogP contribution < -0.4 is 16.4 Å². The predicted octanol–water partition coefficient (Wildman–Crippen LogP) is 4.19. The normalized spacial score (nSPS) is 15.7. The maximum absolute atomic E-state index is 12.3. The highest BCUT2D eigenvalue weighted by molar-refractivity contribution is 6.12. The van der Waals surface area contributed by atoms with E-state index >= 15 is 0 Å². The van der Waals surface area contributed by atoms with Crippen LogP contribution in [0.1, 0.15) is 30.6 Å². The summed E-state index contributed by atoms with van der Waals surface area (Å²) in [5.74, 6) is 0.806. The van der Waals surface area contributed by atoms with E-state index < -0.39 is 0 Å². The van der Waals surface area contributed by atoms with Crippen molar-refractivity contribution in [2.24, 2.45) is 0 Å². The van der Waals surface area contributed by atoms with Gasteiger partial charge < -0.3 is 10.9 Å². The minimum absolute atomic E-state index is 0. The predicted molar refractivity (Wildman–Crippen MR) is 88.3 cm³/mol. The summed E-state index contributed by atoms with van der Waals surface area (Å²) >= 11 is 0. The number of rotatable bonds is 5. The number of hydrogen-bond acceptors (Lipinski definition) is 5. The molecule has 22 heavy (non-hydrogen) atoms. The highest BCUT2D eigenvalue weighted by Gasteiger charge is 2.27. The molecule has 2 rings (SSSR count). The van der Waals surface area contributed by atoms with E-state index in [4.69, 9.17) is 9.57 Å². The van der Waals surface area contributed by atoms with E-state index in [1.54, 1.807) is 24.3 Å². The van der Waals surface area contributed by atoms with E-state index in [0.717, 1.165) is 12.0 Å². The molecule has 1 aromatic rings. The first kappa shape index (κ1) is 17.7. The first-order valence-electron chi connectivity index (χ1n) is 6.86. The van der Waals surface area contributed by atoms with E-state index in [-0.39, 0.29) is 11.9 Å². The Bertz CT molecular complexity index is 631. The number of carbonyl (C=O) groups excluding carboxylic acids is 1. The molecule has 0 aromatic heterocycles. The SMILES string of the molecule is CC\C=C/C=C(C)/C=C1\Oc2ccc(NOC)cc2C1=O.N. The molecule has 1 aliphatic heterocycles. The number of allylic oxidation sites excluding steroid dienone is 6. The summed E-state index contributed by atoms with van der Waals surface area (Å²) in [6.07, 6.45) is 8.71. The van der Waals surface area contributed by atoms with Gasteiger partial charge in [0, 0.05) is 0 Å². The van der Waals surface area contributed by atoms with Gasteiger partial charge in [-0.05, 0) is 43.2 Å². The fourth-order valence-corrected chi connectivity index (χ4v) is 1.98. The Kier molecular flexibility index (Phi) is 6.56. The highest BCUT2D eigenvalue weighted by atomic mass is 16.6. The number of ketones is 1. The third-order valence-electron chi connectivity index (χ3n) is 2.98. The second-order valence-corrected chi connectivity index (χ2v) is 4.70. The summed E-state index contributed by atoms with van der Waals surface area (Å²) < 4.78 is 5.61. The molecular formula is C17H22N2O3. The molecule has 0 saturated carbocycles. The standard InChI is InChI=1S/C17H19NO3.H3N/c1-4-5-6-7-12(2)10-16-17(19)14-11-13(18-20-3)8-9-15(14)21-16;/h5-11,18H,4H2,1-3H3;1H3/b6-5-,12-7+,16-10-;. The molecule has 5 nitrogen and oxygen atoms in total. The van der Waals surface area contributed by atoms with E-state index in [0.29, 0.717) is 22.8 Å². The first-order valence-corrected chi connectivity index (χ1v) is 6.86. The van der Waals surface area contributed by atoms with E-state index in [1.807, 2.05) is 19.1 Å². The number of fused-ring (bicyclic) bond motifs is 1. The number of carbonyl (C=O) groups is 1. The van der Waals surface area contributed by atoms with Gasteiger partial charge in [-0.3, -0.25) is 15.1 Å². The zero-order chi connectivity index (χ0) is 15.2. The molecule has 1 aliphatic rings. The molecule has 0 spiro atoms. The zero-order valence-corrected chi connectivity index (χ0v) is 13.2. The van der Waals surface area contributed by atoms with Gasteiger partial charge in [-0.15, -0.1) is 0 Å². The van der Waals surface area contributed by atoms with Gasteiger partial charge in [0.2, 0.25) is 5.78 Å². The number of ether oxygens (including phenoxy) is 1. The third kappa shape index (κ3) is 4.07. The van der Waals surface area contributed by atoms with Crippen LogP contribution in [0.25, 0.3) is 0 Å². The van der Waals surface area contributed by atoms with Crippen LogP contribution >= 0.6 is 0 Å². The van der Waals surface area contributed by atoms with Crippen molar-refractivity contribution in [3.63, 3.8) is 0 Å². The summed E-state index contributed by atoms with van der Waals surface area (Å²) in [5.41, 5.74) is 4.92. The number of nitrogens with one attached hydrogen (secondary N) is 1. The molecule has 0 radical (unpaired) electrons. The maximum atomic E-state index is 12.3. The molecule has 0 bridgehead atoms. The van der Waals surface area contributed by atoms with Crippen molar-refractivity contribution in [3.05, 3.63) is 59.4 Å². The van der Waals surface area contributed by atoms with Crippen molar-refractivity contribution in [2.75, 3.05) is 12.6 Å². The fourth-order valence-electron chi connectivity index (χ4n) is 1.98. The van der Waals surface area contributed by atoms with Crippen LogP contribution in [0, 0.1) is 0 Å². The lowest BCUT2D eigenvalue weighted by molar-refractivity contribution is 0.101. The number of Topliss-reactive ketones (excluding diaryl/α,β-unsaturated/α-hetero) is 1. The van der Waals surface area contributed by atoms with E-state index in [9.17, 15) is 4.79 Å². The Balaban J connectivity index is 0.00000242. The van der Waals surface area contributed by atoms with Gasteiger partial charge in [-0.2, -0.15) is 0 Å². The van der Waals surface area contributed by atoms with Crippen LogP contribution in [-0.2, 0) is 4.84 Å². The lowest BCUT2D eigenvalue weighted by atomic mass is 10.1. The van der Waals surface area contributed by atoms with Crippen molar-refractivity contribution in [2.45, 2.75) is 20.3 Å². The molecule has 1 heterocycles. The Labute approximate surface area is 130 Å². The largest absolute Gasteiger partial charge is 0.452 e. The maximum Gasteiger partial charge on any atom is 0.232 e. The Morgan fingerprint density at radius 3 is 2.86 bits per heavy atom. The van der Waals surface area contributed by atoms with Crippen molar-refractivity contribution in [1.29, 1.82) is 0 Å². The van der Waals surface area contributed by atoms with Gasteiger partial charge in [0.05, 0.1) is 18.4 Å². The van der Waals surface area contributed by atoms with Crippen LogP contribution in [-0.4, -0.2) is 12.9 Å². The monoisotopic (exact) mass is 302 g/mol. The van der Waals surface area contributed by atoms with Crippen molar-refractivity contribution in [1.82, 2.24) is 6.15 Å². The summed E-state index contributed by atoms with van der Waals surface area (Å²) in [6.45, 7) is 4.01. The lowest BCUT2D eigenvalue weighted by Gasteiger charge is -2.03. The van der Waals surface area contributed by atoms with Gasteiger partial charge in [0.25, 0.3) is 0 Å². The van der Waals surface area contributed by atoms with Gasteiger partial charge >= 0.3 is 0 Å². The van der Waals surface area contributed by atoms with Crippen LogP contribution in [0.15, 0.2) is 53.8 Å². The van der Waals surface area contributed by atoms with E-state index in [1.165, 1.54) is 7.11 Å². The Morgan fingerprint density at radius 1 is 1.41 bits per heavy atom. The molecule has 118 valence electrons. The second kappa shape index (κ2) is 8.17. The molecule has 1 aromatic carbocycles. The fraction of sp³-hybridized carbons (Fsp3) is 0.235. The number of hydrogen-bond donors (Lipinski definition) is 2. The van der Waals surface area contributed by atoms with Crippen LogP contribution in [0.5, 0.6) is 5.75 Å². The average Bonchev–Trinajstić information content (AvgIpc) is 2.76. The van der Waals surface area contributed by atoms with Gasteiger partial charge in [0.1, 0.15) is 5.75 Å². The number of anilines is 1. The summed E-state index contributed by atoms with van der Waals surface area (Å²) in [5, 5.41) is 0. The molecule has 0 amide bonds. The molecule has 5 heteroatoms. The Hall–Kier alpha value is -2.37. The van der Waals surface area contributed by atoms with E-state index in [2.05, 4.69) is 18.5 Å². The average molecular weight is 302 g/mol. The first-order chi connectivity index (χ1) is 10.2. The van der Waals surface area contributed by atoms with Crippen LogP contribution in [0.2, 0.25) is 0 Å². The Morgan fingerprint density at radius 2 is 2.18 bits per heavy atom. The summed E-state index contributed by atoms with van der Waals surface area (Å²) in [6, 6.07) is 5.27. The van der Waals surface area contributed by atoms with Crippen LogP contribution in [0.4, 0.5) is 5.69 Å². The summed E-state index contributed by atoms with van der Waals surface area (Å²) in [4.78, 5) is 17.1. The zero-order valence-electron chi connectivity index (χ0n) is 13.2. The number of benzene rings is 1. The molecule has 4 N–H and O–H groups in total. The van der Waals surface area contributed by atoms with Gasteiger partial charge in [0.15, 0.2) is 5.76 Å². The molecular weight excluding hydrogens is 280 g/mol. The van der Waals surface area contributed by atoms with Crippen molar-refractivity contribution < 1.29 is 14.4 Å². The molecule has 0 atom stereocenters.